The molecule has 29 heavy (non-hydrogen) atoms. The van der Waals surface area contributed by atoms with E-state index in [0.29, 0.717) is 17.9 Å². The summed E-state index contributed by atoms with van der Waals surface area (Å²) in [4.78, 5) is 17.1. The first-order valence-corrected chi connectivity index (χ1v) is 9.90. The van der Waals surface area contributed by atoms with Crippen LogP contribution in [0.4, 0.5) is 0 Å². The molecule has 3 aromatic rings. The van der Waals surface area contributed by atoms with Gasteiger partial charge in [-0.1, -0.05) is 36.4 Å². The lowest BCUT2D eigenvalue weighted by molar-refractivity contribution is 0.0679. The van der Waals surface area contributed by atoms with E-state index in [0.717, 1.165) is 30.6 Å². The highest BCUT2D eigenvalue weighted by molar-refractivity contribution is 5.95. The van der Waals surface area contributed by atoms with Crippen molar-refractivity contribution in [3.8, 4) is 5.75 Å². The van der Waals surface area contributed by atoms with Crippen molar-refractivity contribution in [2.75, 3.05) is 13.2 Å². The van der Waals surface area contributed by atoms with Crippen LogP contribution in [0, 0.1) is 0 Å². The van der Waals surface area contributed by atoms with Crippen LogP contribution < -0.4 is 10.1 Å². The van der Waals surface area contributed by atoms with Gasteiger partial charge in [0.05, 0.1) is 12.1 Å². The molecule has 148 valence electrons. The largest absolute Gasteiger partial charge is 0.491 e. The van der Waals surface area contributed by atoms with Crippen LogP contribution in [0.1, 0.15) is 40.4 Å². The molecule has 2 heterocycles. The Morgan fingerprint density at radius 1 is 1.07 bits per heavy atom. The summed E-state index contributed by atoms with van der Waals surface area (Å²) in [6.45, 7) is 1.31. The number of hydrogen-bond donors (Lipinski definition) is 1. The van der Waals surface area contributed by atoms with Crippen LogP contribution >= 0.6 is 0 Å². The fourth-order valence-electron chi connectivity index (χ4n) is 3.47. The Labute approximate surface area is 170 Å². The Morgan fingerprint density at radius 2 is 1.86 bits per heavy atom. The molecule has 4 rings (SSSR count). The number of pyridine rings is 1. The minimum atomic E-state index is -0.261. The molecule has 0 bridgehead atoms. The summed E-state index contributed by atoms with van der Waals surface area (Å²) in [5.41, 5.74) is 2.55. The number of benzene rings is 2. The van der Waals surface area contributed by atoms with Crippen molar-refractivity contribution in [1.29, 1.82) is 0 Å². The lowest BCUT2D eigenvalue weighted by Crippen LogP contribution is -2.29. The zero-order chi connectivity index (χ0) is 19.9. The van der Waals surface area contributed by atoms with Crippen LogP contribution in [0.5, 0.6) is 5.75 Å². The molecule has 1 aliphatic rings. The minimum absolute atomic E-state index is 0.140. The van der Waals surface area contributed by atoms with Gasteiger partial charge in [0, 0.05) is 24.6 Å². The first kappa shape index (κ1) is 19.2. The number of carbonyl (C=O) groups excluding carboxylic acids is 1. The van der Waals surface area contributed by atoms with Crippen molar-refractivity contribution in [3.63, 3.8) is 0 Å². The number of amides is 1. The first-order chi connectivity index (χ1) is 14.3. The van der Waals surface area contributed by atoms with Gasteiger partial charge in [-0.25, -0.2) is 0 Å². The standard InChI is InChI=1S/C24H24N2O3/c27-24(20-8-4-9-21(16-20)29-17-22-10-5-15-28-22)26-23(18-6-2-1-3-7-18)19-11-13-25-14-12-19/h1-4,6-9,11-14,16,22-23H,5,10,15,17H2,(H,26,27). The number of aromatic nitrogens is 1. The summed E-state index contributed by atoms with van der Waals surface area (Å²) in [5, 5.41) is 3.14. The normalized spacial score (nSPS) is 16.9. The predicted molar refractivity (Wildman–Crippen MR) is 111 cm³/mol. The maximum Gasteiger partial charge on any atom is 0.252 e. The van der Waals surface area contributed by atoms with Crippen molar-refractivity contribution >= 4 is 5.91 Å². The van der Waals surface area contributed by atoms with E-state index in [1.807, 2.05) is 54.6 Å². The van der Waals surface area contributed by atoms with Gasteiger partial charge in [0.1, 0.15) is 12.4 Å². The zero-order valence-electron chi connectivity index (χ0n) is 16.2. The van der Waals surface area contributed by atoms with Gasteiger partial charge in [-0.05, 0) is 54.3 Å². The maximum absolute atomic E-state index is 13.0. The van der Waals surface area contributed by atoms with E-state index in [9.17, 15) is 4.79 Å². The summed E-state index contributed by atoms with van der Waals surface area (Å²) < 4.78 is 11.4. The summed E-state index contributed by atoms with van der Waals surface area (Å²) in [5.74, 6) is 0.520. The summed E-state index contributed by atoms with van der Waals surface area (Å²) >= 11 is 0. The monoisotopic (exact) mass is 388 g/mol. The van der Waals surface area contributed by atoms with Crippen LogP contribution in [0.25, 0.3) is 0 Å². The Kier molecular flexibility index (Phi) is 6.17. The zero-order valence-corrected chi connectivity index (χ0v) is 16.2. The van der Waals surface area contributed by atoms with E-state index in [1.165, 1.54) is 0 Å². The molecule has 1 aromatic heterocycles. The molecule has 1 saturated heterocycles. The fourth-order valence-corrected chi connectivity index (χ4v) is 3.47. The molecule has 0 aliphatic carbocycles. The van der Waals surface area contributed by atoms with Crippen molar-refractivity contribution in [3.05, 3.63) is 95.8 Å². The van der Waals surface area contributed by atoms with E-state index in [2.05, 4.69) is 10.3 Å². The highest BCUT2D eigenvalue weighted by Crippen LogP contribution is 2.23. The number of nitrogens with one attached hydrogen (secondary N) is 1. The molecular weight excluding hydrogens is 364 g/mol. The number of hydrogen-bond acceptors (Lipinski definition) is 4. The maximum atomic E-state index is 13.0. The molecule has 1 amide bonds. The molecular formula is C24H24N2O3. The smallest absolute Gasteiger partial charge is 0.252 e. The molecule has 2 atom stereocenters. The molecule has 0 spiro atoms. The second-order valence-corrected chi connectivity index (χ2v) is 7.07. The Hall–Kier alpha value is -3.18. The molecule has 0 radical (unpaired) electrons. The van der Waals surface area contributed by atoms with E-state index < -0.39 is 0 Å². The average Bonchev–Trinajstić information content (AvgIpc) is 3.31. The second-order valence-electron chi connectivity index (χ2n) is 7.07. The van der Waals surface area contributed by atoms with Gasteiger partial charge in [-0.15, -0.1) is 0 Å². The summed E-state index contributed by atoms with van der Waals surface area (Å²) in [6.07, 6.45) is 5.70. The summed E-state index contributed by atoms with van der Waals surface area (Å²) in [6, 6.07) is 20.8. The van der Waals surface area contributed by atoms with Gasteiger partial charge in [0.2, 0.25) is 0 Å². The number of nitrogens with zero attached hydrogens (tertiary/aromatic N) is 1. The molecule has 1 aliphatic heterocycles. The van der Waals surface area contributed by atoms with Gasteiger partial charge >= 0.3 is 0 Å². The van der Waals surface area contributed by atoms with Gasteiger partial charge in [0.25, 0.3) is 5.91 Å². The lowest BCUT2D eigenvalue weighted by atomic mass is 9.99. The number of carbonyl (C=O) groups is 1. The van der Waals surface area contributed by atoms with Gasteiger partial charge in [-0.2, -0.15) is 0 Å². The van der Waals surface area contributed by atoms with E-state index in [4.69, 9.17) is 9.47 Å². The van der Waals surface area contributed by atoms with Crippen molar-refractivity contribution in [2.24, 2.45) is 0 Å². The number of ether oxygens (including phenoxy) is 2. The van der Waals surface area contributed by atoms with E-state index in [-0.39, 0.29) is 18.1 Å². The fraction of sp³-hybridized carbons (Fsp3) is 0.250. The topological polar surface area (TPSA) is 60.5 Å². The van der Waals surface area contributed by atoms with Crippen molar-refractivity contribution in [2.45, 2.75) is 25.0 Å². The second kappa shape index (κ2) is 9.34. The van der Waals surface area contributed by atoms with Gasteiger partial charge in [-0.3, -0.25) is 9.78 Å². The Balaban J connectivity index is 1.49. The third-order valence-corrected chi connectivity index (χ3v) is 5.00. The highest BCUT2D eigenvalue weighted by Gasteiger charge is 2.19. The Morgan fingerprint density at radius 3 is 2.62 bits per heavy atom. The van der Waals surface area contributed by atoms with Crippen LogP contribution in [-0.2, 0) is 4.74 Å². The third kappa shape index (κ3) is 5.00. The lowest BCUT2D eigenvalue weighted by Gasteiger charge is -2.20. The molecule has 1 N–H and O–H groups in total. The number of rotatable bonds is 7. The van der Waals surface area contributed by atoms with Gasteiger partial charge < -0.3 is 14.8 Å². The van der Waals surface area contributed by atoms with Gasteiger partial charge in [0.15, 0.2) is 0 Å². The highest BCUT2D eigenvalue weighted by atomic mass is 16.5. The average molecular weight is 388 g/mol. The SMILES string of the molecule is O=C(NC(c1ccccc1)c1ccncc1)c1cccc(OCC2CCCO2)c1. The van der Waals surface area contributed by atoms with E-state index >= 15 is 0 Å². The van der Waals surface area contributed by atoms with Crippen molar-refractivity contribution < 1.29 is 14.3 Å². The van der Waals surface area contributed by atoms with Crippen LogP contribution in [0.2, 0.25) is 0 Å². The van der Waals surface area contributed by atoms with Crippen LogP contribution in [0.3, 0.4) is 0 Å². The van der Waals surface area contributed by atoms with Crippen LogP contribution in [0.15, 0.2) is 79.1 Å². The summed E-state index contributed by atoms with van der Waals surface area (Å²) in [7, 11) is 0. The molecule has 2 unspecified atom stereocenters. The predicted octanol–water partition coefficient (Wildman–Crippen LogP) is 4.16. The quantitative estimate of drug-likeness (QED) is 0.660. The Bertz CT molecular complexity index is 886. The minimum Gasteiger partial charge on any atom is -0.491 e. The molecule has 1 fully saturated rings. The third-order valence-electron chi connectivity index (χ3n) is 5.00. The molecule has 2 aromatic carbocycles. The van der Waals surface area contributed by atoms with Crippen molar-refractivity contribution in [1.82, 2.24) is 10.3 Å². The van der Waals surface area contributed by atoms with Crippen LogP contribution in [-0.4, -0.2) is 30.2 Å². The molecule has 5 heteroatoms. The molecule has 5 nitrogen and oxygen atoms in total. The molecule has 0 saturated carbocycles. The first-order valence-electron chi connectivity index (χ1n) is 9.90. The van der Waals surface area contributed by atoms with E-state index in [1.54, 1.807) is 24.5 Å².